The first-order chi connectivity index (χ1) is 10.2. The zero-order valence-corrected chi connectivity index (χ0v) is 10.8. The molecule has 1 aromatic carbocycles. The normalized spacial score (nSPS) is 22.4. The molecule has 1 fully saturated rings. The van der Waals surface area contributed by atoms with Crippen LogP contribution in [0.5, 0.6) is 0 Å². The van der Waals surface area contributed by atoms with Crippen LogP contribution in [-0.4, -0.2) is 26.4 Å². The van der Waals surface area contributed by atoms with Crippen molar-refractivity contribution in [1.82, 2.24) is 20.2 Å². The van der Waals surface area contributed by atoms with E-state index in [2.05, 4.69) is 26.5 Å². The van der Waals surface area contributed by atoms with Crippen molar-refractivity contribution in [1.29, 1.82) is 5.26 Å². The Balaban J connectivity index is 1.69. The van der Waals surface area contributed by atoms with Gasteiger partial charge in [0.05, 0.1) is 11.3 Å². The quantitative estimate of drug-likeness (QED) is 0.839. The van der Waals surface area contributed by atoms with Crippen molar-refractivity contribution in [3.8, 4) is 11.8 Å². The maximum absolute atomic E-state index is 13.3. The van der Waals surface area contributed by atoms with E-state index in [0.717, 1.165) is 6.42 Å². The standard InChI is InChI=1S/C14H9FN6/c15-12-2-1-11(4-9(12)6-16)21-19-14(18-20-21)13-5-8-3-10(8)7-17-13/h1-2,4-5,7-8,10H,3H2. The van der Waals surface area contributed by atoms with E-state index in [1.807, 2.05) is 6.21 Å². The summed E-state index contributed by atoms with van der Waals surface area (Å²) in [4.78, 5) is 5.59. The fourth-order valence-corrected chi connectivity index (χ4v) is 2.30. The van der Waals surface area contributed by atoms with Crippen molar-refractivity contribution in [2.75, 3.05) is 0 Å². The Morgan fingerprint density at radius 2 is 2.24 bits per heavy atom. The van der Waals surface area contributed by atoms with Crippen molar-refractivity contribution in [3.63, 3.8) is 0 Å². The van der Waals surface area contributed by atoms with Crippen molar-refractivity contribution in [3.05, 3.63) is 41.5 Å². The van der Waals surface area contributed by atoms with Crippen molar-refractivity contribution in [2.24, 2.45) is 16.8 Å². The number of benzene rings is 1. The van der Waals surface area contributed by atoms with Crippen LogP contribution in [0, 0.1) is 29.0 Å². The summed E-state index contributed by atoms with van der Waals surface area (Å²) in [6.45, 7) is 0. The topological polar surface area (TPSA) is 79.8 Å². The lowest BCUT2D eigenvalue weighted by atomic mass is 10.2. The summed E-state index contributed by atoms with van der Waals surface area (Å²) in [6.07, 6.45) is 5.11. The molecule has 1 saturated carbocycles. The molecule has 2 aliphatic rings. The van der Waals surface area contributed by atoms with E-state index >= 15 is 0 Å². The summed E-state index contributed by atoms with van der Waals surface area (Å²) in [5.74, 6) is 0.972. The second-order valence-corrected chi connectivity index (χ2v) is 5.07. The molecule has 0 spiro atoms. The number of allylic oxidation sites excluding steroid dienone is 1. The minimum absolute atomic E-state index is 0.0536. The number of nitrogens with zero attached hydrogens (tertiary/aromatic N) is 6. The molecule has 2 heterocycles. The third-order valence-electron chi connectivity index (χ3n) is 3.61. The Morgan fingerprint density at radius 3 is 3.05 bits per heavy atom. The van der Waals surface area contributed by atoms with Crippen LogP contribution in [0.15, 0.2) is 29.3 Å². The van der Waals surface area contributed by atoms with Gasteiger partial charge in [0.25, 0.3) is 0 Å². The molecule has 0 radical (unpaired) electrons. The molecule has 1 aliphatic carbocycles. The van der Waals surface area contributed by atoms with Gasteiger partial charge in [0.2, 0.25) is 5.82 Å². The first-order valence-electron chi connectivity index (χ1n) is 6.51. The van der Waals surface area contributed by atoms with Gasteiger partial charge in [0.15, 0.2) is 0 Å². The molecule has 0 N–H and O–H groups in total. The number of hydrogen-bond acceptors (Lipinski definition) is 5. The molecule has 2 unspecified atom stereocenters. The molecule has 4 rings (SSSR count). The number of rotatable bonds is 2. The highest BCUT2D eigenvalue weighted by molar-refractivity contribution is 5.79. The van der Waals surface area contributed by atoms with Crippen LogP contribution in [0.2, 0.25) is 0 Å². The van der Waals surface area contributed by atoms with Gasteiger partial charge in [-0.05, 0) is 35.8 Å². The smallest absolute Gasteiger partial charge is 0.223 e. The van der Waals surface area contributed by atoms with E-state index in [1.165, 1.54) is 23.0 Å². The van der Waals surface area contributed by atoms with Gasteiger partial charge in [-0.2, -0.15) is 5.26 Å². The van der Waals surface area contributed by atoms with Crippen LogP contribution in [-0.2, 0) is 0 Å². The summed E-state index contributed by atoms with van der Waals surface area (Å²) >= 11 is 0. The maximum atomic E-state index is 13.3. The molecule has 0 saturated heterocycles. The number of aliphatic imine (C=N–C) groups is 1. The van der Waals surface area contributed by atoms with Crippen LogP contribution in [0.25, 0.3) is 11.4 Å². The predicted octanol–water partition coefficient (Wildman–Crippen LogP) is 1.73. The number of fused-ring (bicyclic) bond motifs is 1. The van der Waals surface area contributed by atoms with Gasteiger partial charge in [0.1, 0.15) is 17.6 Å². The van der Waals surface area contributed by atoms with Crippen molar-refractivity contribution in [2.45, 2.75) is 6.42 Å². The Hall–Kier alpha value is -2.88. The van der Waals surface area contributed by atoms with Crippen molar-refractivity contribution >= 4 is 11.9 Å². The molecule has 0 bridgehead atoms. The highest BCUT2D eigenvalue weighted by atomic mass is 19.1. The Morgan fingerprint density at radius 1 is 1.33 bits per heavy atom. The Bertz CT molecular complexity index is 828. The summed E-state index contributed by atoms with van der Waals surface area (Å²) < 4.78 is 13.3. The van der Waals surface area contributed by atoms with Gasteiger partial charge in [-0.1, -0.05) is 6.08 Å². The predicted molar refractivity (Wildman–Crippen MR) is 71.9 cm³/mol. The van der Waals surface area contributed by atoms with Gasteiger partial charge >= 0.3 is 0 Å². The number of tetrazole rings is 1. The molecular weight excluding hydrogens is 271 g/mol. The largest absolute Gasteiger partial charge is 0.257 e. The Kier molecular flexibility index (Phi) is 2.44. The molecule has 1 aliphatic heterocycles. The summed E-state index contributed by atoms with van der Waals surface area (Å²) in [7, 11) is 0. The number of nitriles is 1. The van der Waals surface area contributed by atoms with E-state index in [9.17, 15) is 4.39 Å². The average molecular weight is 280 g/mol. The van der Waals surface area contributed by atoms with Crippen LogP contribution >= 0.6 is 0 Å². The fraction of sp³-hybridized carbons (Fsp3) is 0.214. The van der Waals surface area contributed by atoms with E-state index in [0.29, 0.717) is 29.0 Å². The first-order valence-corrected chi connectivity index (χ1v) is 6.51. The number of halogens is 1. The SMILES string of the molecule is N#Cc1cc(-n2nnc(C3=CC4CC4C=N3)n2)ccc1F. The van der Waals surface area contributed by atoms with Gasteiger partial charge in [-0.15, -0.1) is 15.0 Å². The highest BCUT2D eigenvalue weighted by Crippen LogP contribution is 2.42. The lowest BCUT2D eigenvalue weighted by Crippen LogP contribution is -2.01. The van der Waals surface area contributed by atoms with Crippen molar-refractivity contribution < 1.29 is 4.39 Å². The average Bonchev–Trinajstić information content (AvgIpc) is 3.12. The van der Waals surface area contributed by atoms with E-state index in [1.54, 1.807) is 6.07 Å². The van der Waals surface area contributed by atoms with Crippen LogP contribution in [0.4, 0.5) is 4.39 Å². The van der Waals surface area contributed by atoms with E-state index in [4.69, 9.17) is 5.26 Å². The molecule has 0 amide bonds. The molecule has 1 aromatic heterocycles. The zero-order chi connectivity index (χ0) is 14.4. The third-order valence-corrected chi connectivity index (χ3v) is 3.61. The lowest BCUT2D eigenvalue weighted by molar-refractivity contribution is 0.621. The van der Waals surface area contributed by atoms with Gasteiger partial charge in [-0.25, -0.2) is 4.39 Å². The fourth-order valence-electron chi connectivity index (χ4n) is 2.30. The highest BCUT2D eigenvalue weighted by Gasteiger charge is 2.37. The van der Waals surface area contributed by atoms with Gasteiger partial charge < -0.3 is 0 Å². The second kappa shape index (κ2) is 4.31. The van der Waals surface area contributed by atoms with E-state index < -0.39 is 5.82 Å². The van der Waals surface area contributed by atoms with Crippen LogP contribution in [0.3, 0.4) is 0 Å². The van der Waals surface area contributed by atoms with Crippen LogP contribution in [0.1, 0.15) is 17.8 Å². The minimum atomic E-state index is -0.569. The minimum Gasteiger partial charge on any atom is -0.257 e. The molecule has 21 heavy (non-hydrogen) atoms. The van der Waals surface area contributed by atoms with E-state index in [-0.39, 0.29) is 5.56 Å². The molecule has 2 atom stereocenters. The third kappa shape index (κ3) is 2.01. The first kappa shape index (κ1) is 11.9. The van der Waals surface area contributed by atoms with Gasteiger partial charge in [-0.3, -0.25) is 4.99 Å². The summed E-state index contributed by atoms with van der Waals surface area (Å²) in [5, 5.41) is 21.0. The summed E-state index contributed by atoms with van der Waals surface area (Å²) in [5.41, 5.74) is 1.14. The number of aromatic nitrogens is 4. The Labute approximate surface area is 119 Å². The molecule has 2 aromatic rings. The molecular formula is C14H9FN6. The molecule has 102 valence electrons. The van der Waals surface area contributed by atoms with Gasteiger partial charge in [0, 0.05) is 12.1 Å². The number of hydrogen-bond donors (Lipinski definition) is 0. The monoisotopic (exact) mass is 280 g/mol. The maximum Gasteiger partial charge on any atom is 0.223 e. The van der Waals surface area contributed by atoms with Crippen LogP contribution < -0.4 is 0 Å². The molecule has 6 nitrogen and oxygen atoms in total. The zero-order valence-electron chi connectivity index (χ0n) is 10.8. The lowest BCUT2D eigenvalue weighted by Gasteiger charge is -2.01. The second-order valence-electron chi connectivity index (χ2n) is 5.07. The summed E-state index contributed by atoms with van der Waals surface area (Å²) in [6, 6.07) is 5.88. The molecule has 7 heteroatoms.